The van der Waals surface area contributed by atoms with E-state index >= 15 is 0 Å². The Hall–Kier alpha value is -5.48. The smallest absolute Gasteiger partial charge is 0.200 e. The molecule has 0 aliphatic heterocycles. The summed E-state index contributed by atoms with van der Waals surface area (Å²) in [6.07, 6.45) is 0. The highest BCUT2D eigenvalue weighted by atomic mass is 16.3. The zero-order chi connectivity index (χ0) is 28.9. The average molecular weight is 555 g/mol. The number of fused-ring (bicyclic) bond motifs is 8. The molecule has 5 aromatic carbocycles. The third-order valence-electron chi connectivity index (χ3n) is 9.17. The highest BCUT2D eigenvalue weighted by molar-refractivity contribution is 6.09. The Balaban J connectivity index is 1.21. The number of hydrogen-bond donors (Lipinski definition) is 0. The molecule has 3 heterocycles. The van der Waals surface area contributed by atoms with Crippen LogP contribution in [0.15, 0.2) is 131 Å². The topological polar surface area (TPSA) is 48.0 Å². The van der Waals surface area contributed by atoms with E-state index in [-0.39, 0.29) is 10.8 Å². The van der Waals surface area contributed by atoms with Crippen LogP contribution in [0.4, 0.5) is 0 Å². The standard InChI is InChI=1S/C39H26N2O2/c1-39(2)32-12-6-3-9-26(32)29-22-30-27-10-4-7-13-33(27)41(38(30)40-37(29)39)25-18-15-23(16-19-25)24-17-20-35-31(21-24)36(42)28-11-5-8-14-34(28)43-35/h3-22H,1-2H3. The maximum atomic E-state index is 13.3. The van der Waals surface area contributed by atoms with Gasteiger partial charge in [0.05, 0.1) is 22.0 Å². The van der Waals surface area contributed by atoms with Gasteiger partial charge in [-0.25, -0.2) is 4.98 Å². The van der Waals surface area contributed by atoms with Crippen LogP contribution in [0.2, 0.25) is 0 Å². The fraction of sp³-hybridized carbons (Fsp3) is 0.0769. The van der Waals surface area contributed by atoms with E-state index in [1.54, 1.807) is 0 Å². The van der Waals surface area contributed by atoms with Crippen LogP contribution in [-0.2, 0) is 5.41 Å². The lowest BCUT2D eigenvalue weighted by molar-refractivity contribution is 0.639. The highest BCUT2D eigenvalue weighted by Gasteiger charge is 2.37. The Morgan fingerprint density at radius 1 is 0.628 bits per heavy atom. The van der Waals surface area contributed by atoms with Crippen LogP contribution in [0.5, 0.6) is 0 Å². The number of pyridine rings is 1. The van der Waals surface area contributed by atoms with Crippen molar-refractivity contribution in [1.29, 1.82) is 0 Å². The summed E-state index contributed by atoms with van der Waals surface area (Å²) in [5.41, 5.74) is 11.1. The maximum Gasteiger partial charge on any atom is 0.200 e. The van der Waals surface area contributed by atoms with Crippen molar-refractivity contribution in [3.8, 4) is 27.9 Å². The molecule has 8 aromatic rings. The van der Waals surface area contributed by atoms with Gasteiger partial charge in [-0.2, -0.15) is 0 Å². The first-order valence-electron chi connectivity index (χ1n) is 14.6. The van der Waals surface area contributed by atoms with Gasteiger partial charge in [-0.15, -0.1) is 0 Å². The van der Waals surface area contributed by atoms with Crippen LogP contribution in [0.25, 0.3) is 71.8 Å². The Labute approximate surface area is 247 Å². The maximum absolute atomic E-state index is 13.3. The molecule has 0 saturated carbocycles. The summed E-state index contributed by atoms with van der Waals surface area (Å²) in [6.45, 7) is 4.54. The highest BCUT2D eigenvalue weighted by Crippen LogP contribution is 2.49. The largest absolute Gasteiger partial charge is 0.456 e. The molecule has 1 aliphatic carbocycles. The minimum Gasteiger partial charge on any atom is -0.456 e. The Morgan fingerprint density at radius 3 is 2.19 bits per heavy atom. The van der Waals surface area contributed by atoms with Crippen molar-refractivity contribution in [2.24, 2.45) is 0 Å². The summed E-state index contributed by atoms with van der Waals surface area (Å²) >= 11 is 0. The molecule has 0 spiro atoms. The molecule has 0 amide bonds. The van der Waals surface area contributed by atoms with E-state index in [1.807, 2.05) is 42.5 Å². The van der Waals surface area contributed by atoms with Gasteiger partial charge in [0.15, 0.2) is 0 Å². The van der Waals surface area contributed by atoms with Gasteiger partial charge in [-0.05, 0) is 70.8 Å². The van der Waals surface area contributed by atoms with Crippen LogP contribution in [0.1, 0.15) is 25.1 Å². The summed E-state index contributed by atoms with van der Waals surface area (Å²) < 4.78 is 8.30. The second-order valence-corrected chi connectivity index (χ2v) is 12.0. The van der Waals surface area contributed by atoms with Crippen LogP contribution in [-0.4, -0.2) is 9.55 Å². The van der Waals surface area contributed by atoms with E-state index < -0.39 is 0 Å². The number of aromatic nitrogens is 2. The summed E-state index contributed by atoms with van der Waals surface area (Å²) in [7, 11) is 0. The monoisotopic (exact) mass is 554 g/mol. The zero-order valence-corrected chi connectivity index (χ0v) is 23.8. The SMILES string of the molecule is CC1(C)c2ccccc2-c2cc3c4ccccc4n(-c4ccc(-c5ccc6oc7ccccc7c(=O)c6c5)cc4)c3nc21. The van der Waals surface area contributed by atoms with Crippen molar-refractivity contribution in [2.75, 3.05) is 0 Å². The molecule has 0 atom stereocenters. The fourth-order valence-corrected chi connectivity index (χ4v) is 7.00. The third-order valence-corrected chi connectivity index (χ3v) is 9.17. The normalized spacial score (nSPS) is 13.6. The lowest BCUT2D eigenvalue weighted by Crippen LogP contribution is -2.17. The zero-order valence-electron chi connectivity index (χ0n) is 23.8. The van der Waals surface area contributed by atoms with Crippen molar-refractivity contribution in [1.82, 2.24) is 9.55 Å². The quantitative estimate of drug-likeness (QED) is 0.200. The molecule has 3 aromatic heterocycles. The van der Waals surface area contributed by atoms with Crippen molar-refractivity contribution in [3.63, 3.8) is 0 Å². The van der Waals surface area contributed by atoms with Gasteiger partial charge < -0.3 is 4.42 Å². The van der Waals surface area contributed by atoms with Gasteiger partial charge in [-0.1, -0.05) is 86.6 Å². The van der Waals surface area contributed by atoms with E-state index in [9.17, 15) is 4.79 Å². The lowest BCUT2D eigenvalue weighted by Gasteiger charge is -2.20. The molecule has 43 heavy (non-hydrogen) atoms. The molecule has 1 aliphatic rings. The Bertz CT molecular complexity index is 2500. The van der Waals surface area contributed by atoms with E-state index in [0.29, 0.717) is 21.9 Å². The molecular formula is C39H26N2O2. The minimum atomic E-state index is -0.181. The van der Waals surface area contributed by atoms with Gasteiger partial charge in [0.1, 0.15) is 16.8 Å². The van der Waals surface area contributed by atoms with Gasteiger partial charge >= 0.3 is 0 Å². The van der Waals surface area contributed by atoms with Gasteiger partial charge in [0.25, 0.3) is 0 Å². The molecule has 4 heteroatoms. The molecule has 204 valence electrons. The van der Waals surface area contributed by atoms with Crippen molar-refractivity contribution >= 4 is 43.9 Å². The predicted molar refractivity (Wildman–Crippen MR) is 175 cm³/mol. The van der Waals surface area contributed by atoms with Gasteiger partial charge in [0, 0.05) is 27.4 Å². The molecule has 4 nitrogen and oxygen atoms in total. The number of hydrogen-bond acceptors (Lipinski definition) is 3. The summed E-state index contributed by atoms with van der Waals surface area (Å²) in [5.74, 6) is 0. The minimum absolute atomic E-state index is 0.00992. The molecule has 0 unspecified atom stereocenters. The van der Waals surface area contributed by atoms with Crippen LogP contribution in [0, 0.1) is 0 Å². The van der Waals surface area contributed by atoms with Crippen molar-refractivity contribution < 1.29 is 4.42 Å². The first-order chi connectivity index (χ1) is 21.0. The second-order valence-electron chi connectivity index (χ2n) is 12.0. The molecule has 0 saturated heterocycles. The van der Waals surface area contributed by atoms with E-state index in [2.05, 4.69) is 97.3 Å². The second kappa shape index (κ2) is 8.52. The molecule has 0 fully saturated rings. The summed E-state index contributed by atoms with van der Waals surface area (Å²) in [6, 6.07) is 41.3. The van der Waals surface area contributed by atoms with Crippen LogP contribution >= 0.6 is 0 Å². The number of benzene rings is 5. The first-order valence-corrected chi connectivity index (χ1v) is 14.6. The fourth-order valence-electron chi connectivity index (χ4n) is 7.00. The van der Waals surface area contributed by atoms with Crippen LogP contribution < -0.4 is 5.43 Å². The number of nitrogens with zero attached hydrogens (tertiary/aromatic N) is 2. The number of rotatable bonds is 2. The average Bonchev–Trinajstić information content (AvgIpc) is 3.49. The van der Waals surface area contributed by atoms with E-state index in [4.69, 9.17) is 9.40 Å². The van der Waals surface area contributed by atoms with Crippen molar-refractivity contribution in [2.45, 2.75) is 19.3 Å². The van der Waals surface area contributed by atoms with Crippen LogP contribution in [0.3, 0.4) is 0 Å². The number of para-hydroxylation sites is 2. The van der Waals surface area contributed by atoms with E-state index in [0.717, 1.165) is 39.1 Å². The first kappa shape index (κ1) is 24.2. The Morgan fingerprint density at radius 2 is 1.33 bits per heavy atom. The van der Waals surface area contributed by atoms with Gasteiger partial charge in [0.2, 0.25) is 5.43 Å². The Kier molecular flexibility index (Phi) is 4.79. The molecular weight excluding hydrogens is 528 g/mol. The third kappa shape index (κ3) is 3.32. The molecule has 0 N–H and O–H groups in total. The van der Waals surface area contributed by atoms with Crippen molar-refractivity contribution in [3.05, 3.63) is 143 Å². The van der Waals surface area contributed by atoms with E-state index in [1.165, 1.54) is 22.1 Å². The summed E-state index contributed by atoms with van der Waals surface area (Å²) in [5, 5.41) is 3.52. The lowest BCUT2D eigenvalue weighted by atomic mass is 9.85. The molecule has 0 radical (unpaired) electrons. The predicted octanol–water partition coefficient (Wildman–Crippen LogP) is 9.41. The molecule has 9 rings (SSSR count). The summed E-state index contributed by atoms with van der Waals surface area (Å²) in [4.78, 5) is 18.7. The molecule has 0 bridgehead atoms. The van der Waals surface area contributed by atoms with Gasteiger partial charge in [-0.3, -0.25) is 9.36 Å².